The first-order valence-corrected chi connectivity index (χ1v) is 10.3. The zero-order chi connectivity index (χ0) is 20.9. The van der Waals surface area contributed by atoms with Crippen LogP contribution in [0.5, 0.6) is 0 Å². The number of anilines is 2. The number of carbonyl (C=O) groups is 1. The number of ether oxygens (including phenoxy) is 1. The van der Waals surface area contributed by atoms with Crippen LogP contribution in [0.4, 0.5) is 11.4 Å². The van der Waals surface area contributed by atoms with Gasteiger partial charge in [-0.05, 0) is 42.5 Å². The molecule has 0 unspecified atom stereocenters. The molecule has 156 valence electrons. The summed E-state index contributed by atoms with van der Waals surface area (Å²) in [6.07, 6.45) is 0.539. The van der Waals surface area contributed by atoms with Crippen molar-refractivity contribution < 1.29 is 14.1 Å². The Labute approximate surface area is 183 Å². The lowest BCUT2D eigenvalue weighted by molar-refractivity contribution is -0.116. The van der Waals surface area contributed by atoms with Crippen LogP contribution in [0.15, 0.2) is 47.0 Å². The molecule has 9 heteroatoms. The van der Waals surface area contributed by atoms with Gasteiger partial charge in [-0.2, -0.15) is 4.98 Å². The first kappa shape index (κ1) is 20.7. The molecule has 3 aromatic rings. The minimum Gasteiger partial charge on any atom is -0.378 e. The maximum absolute atomic E-state index is 12.5. The van der Waals surface area contributed by atoms with Gasteiger partial charge in [-0.3, -0.25) is 4.79 Å². The normalized spacial score (nSPS) is 14.0. The molecule has 1 aromatic heterocycles. The monoisotopic (exact) mass is 446 g/mol. The van der Waals surface area contributed by atoms with Crippen molar-refractivity contribution in [1.29, 1.82) is 0 Å². The Balaban J connectivity index is 1.38. The molecule has 1 saturated heterocycles. The number of aromatic nitrogens is 2. The van der Waals surface area contributed by atoms with Gasteiger partial charge in [0.25, 0.3) is 0 Å². The van der Waals surface area contributed by atoms with Crippen molar-refractivity contribution in [1.82, 2.24) is 10.1 Å². The van der Waals surface area contributed by atoms with E-state index >= 15 is 0 Å². The second-order valence-electron chi connectivity index (χ2n) is 6.83. The average molecular weight is 447 g/mol. The number of benzene rings is 2. The van der Waals surface area contributed by atoms with Gasteiger partial charge in [0.15, 0.2) is 0 Å². The number of rotatable bonds is 6. The second-order valence-corrected chi connectivity index (χ2v) is 7.70. The molecule has 0 bridgehead atoms. The number of aryl methyl sites for hydroxylation is 1. The van der Waals surface area contributed by atoms with E-state index in [-0.39, 0.29) is 12.3 Å². The number of nitrogens with one attached hydrogen (secondary N) is 1. The Morgan fingerprint density at radius 2 is 1.80 bits per heavy atom. The van der Waals surface area contributed by atoms with Gasteiger partial charge in [0.1, 0.15) is 0 Å². The Kier molecular flexibility index (Phi) is 6.52. The Bertz CT molecular complexity index is 1020. The average Bonchev–Trinajstić information content (AvgIpc) is 3.23. The van der Waals surface area contributed by atoms with E-state index in [2.05, 4.69) is 20.4 Å². The number of nitrogens with zero attached hydrogens (tertiary/aromatic N) is 3. The zero-order valence-corrected chi connectivity index (χ0v) is 17.6. The zero-order valence-electron chi connectivity index (χ0n) is 16.1. The minimum absolute atomic E-state index is 0.155. The van der Waals surface area contributed by atoms with Crippen LogP contribution in [0.3, 0.4) is 0 Å². The van der Waals surface area contributed by atoms with Gasteiger partial charge in [0.2, 0.25) is 17.6 Å². The SMILES string of the molecule is O=C(CCc1nc(-c2ccc(Cl)cc2)no1)Nc1cc(Cl)ccc1N1CCOCC1. The molecule has 0 saturated carbocycles. The topological polar surface area (TPSA) is 80.5 Å². The maximum atomic E-state index is 12.5. The lowest BCUT2D eigenvalue weighted by atomic mass is 10.2. The van der Waals surface area contributed by atoms with Crippen LogP contribution < -0.4 is 10.2 Å². The largest absolute Gasteiger partial charge is 0.378 e. The molecule has 2 aromatic carbocycles. The summed E-state index contributed by atoms with van der Waals surface area (Å²) in [7, 11) is 0. The lowest BCUT2D eigenvalue weighted by Crippen LogP contribution is -2.36. The van der Waals surface area contributed by atoms with E-state index in [9.17, 15) is 4.79 Å². The quantitative estimate of drug-likeness (QED) is 0.602. The second kappa shape index (κ2) is 9.47. The van der Waals surface area contributed by atoms with E-state index in [0.717, 1.165) is 24.3 Å². The van der Waals surface area contributed by atoms with Crippen molar-refractivity contribution in [3.05, 3.63) is 58.4 Å². The predicted molar refractivity (Wildman–Crippen MR) is 116 cm³/mol. The Morgan fingerprint density at radius 3 is 2.57 bits per heavy atom. The van der Waals surface area contributed by atoms with Crippen molar-refractivity contribution in [2.45, 2.75) is 12.8 Å². The van der Waals surface area contributed by atoms with Gasteiger partial charge in [-0.1, -0.05) is 28.4 Å². The van der Waals surface area contributed by atoms with Gasteiger partial charge in [-0.25, -0.2) is 0 Å². The predicted octanol–water partition coefficient (Wildman–Crippen LogP) is 4.45. The highest BCUT2D eigenvalue weighted by molar-refractivity contribution is 6.31. The van der Waals surface area contributed by atoms with Gasteiger partial charge in [0.05, 0.1) is 24.6 Å². The van der Waals surface area contributed by atoms with E-state index in [1.165, 1.54) is 0 Å². The lowest BCUT2D eigenvalue weighted by Gasteiger charge is -2.30. The molecule has 1 aliphatic heterocycles. The molecular formula is C21H20Cl2N4O3. The summed E-state index contributed by atoms with van der Waals surface area (Å²) in [6, 6.07) is 12.6. The molecule has 0 aliphatic carbocycles. The van der Waals surface area contributed by atoms with Gasteiger partial charge in [0, 0.05) is 41.5 Å². The summed E-state index contributed by atoms with van der Waals surface area (Å²) in [5, 5.41) is 8.12. The number of hydrogen-bond donors (Lipinski definition) is 1. The molecule has 0 radical (unpaired) electrons. The number of carbonyl (C=O) groups excluding carboxylic acids is 1. The fourth-order valence-corrected chi connectivity index (χ4v) is 3.49. The molecule has 0 spiro atoms. The minimum atomic E-state index is -0.155. The van der Waals surface area contributed by atoms with Crippen LogP contribution in [-0.4, -0.2) is 42.4 Å². The van der Waals surface area contributed by atoms with E-state index in [0.29, 0.717) is 47.1 Å². The van der Waals surface area contributed by atoms with E-state index in [4.69, 9.17) is 32.5 Å². The number of morpholine rings is 1. The van der Waals surface area contributed by atoms with Crippen molar-refractivity contribution >= 4 is 40.5 Å². The summed E-state index contributed by atoms with van der Waals surface area (Å²) in [5.41, 5.74) is 2.41. The summed E-state index contributed by atoms with van der Waals surface area (Å²) in [5.74, 6) is 0.708. The first-order chi connectivity index (χ1) is 14.6. The first-order valence-electron chi connectivity index (χ1n) is 9.59. The molecule has 1 aliphatic rings. The number of halogens is 2. The summed E-state index contributed by atoms with van der Waals surface area (Å²) in [6.45, 7) is 2.84. The molecule has 4 rings (SSSR count). The molecule has 1 fully saturated rings. The van der Waals surface area contributed by atoms with E-state index in [1.54, 1.807) is 18.2 Å². The van der Waals surface area contributed by atoms with Gasteiger partial charge < -0.3 is 19.5 Å². The highest BCUT2D eigenvalue weighted by Gasteiger charge is 2.17. The van der Waals surface area contributed by atoms with Crippen molar-refractivity contribution in [2.24, 2.45) is 0 Å². The number of amides is 1. The summed E-state index contributed by atoms with van der Waals surface area (Å²) < 4.78 is 10.7. The standard InChI is InChI=1S/C21H20Cl2N4O3/c22-15-3-1-14(2-4-15)21-25-20(30-26-21)8-7-19(28)24-17-13-16(23)5-6-18(17)27-9-11-29-12-10-27/h1-6,13H,7-12H2,(H,24,28). The third kappa shape index (κ3) is 5.11. The van der Waals surface area contributed by atoms with Crippen molar-refractivity contribution in [3.63, 3.8) is 0 Å². The fourth-order valence-electron chi connectivity index (χ4n) is 3.19. The molecule has 0 atom stereocenters. The smallest absolute Gasteiger partial charge is 0.227 e. The number of hydrogen-bond acceptors (Lipinski definition) is 6. The maximum Gasteiger partial charge on any atom is 0.227 e. The Morgan fingerprint density at radius 1 is 1.07 bits per heavy atom. The van der Waals surface area contributed by atoms with E-state index < -0.39 is 0 Å². The van der Waals surface area contributed by atoms with Crippen LogP contribution in [0.2, 0.25) is 10.0 Å². The third-order valence-corrected chi connectivity index (χ3v) is 5.21. The summed E-state index contributed by atoms with van der Waals surface area (Å²) >= 11 is 12.0. The molecule has 1 N–H and O–H groups in total. The highest BCUT2D eigenvalue weighted by atomic mass is 35.5. The third-order valence-electron chi connectivity index (χ3n) is 4.72. The summed E-state index contributed by atoms with van der Waals surface area (Å²) in [4.78, 5) is 19.1. The molecule has 30 heavy (non-hydrogen) atoms. The molecule has 7 nitrogen and oxygen atoms in total. The van der Waals surface area contributed by atoms with Gasteiger partial charge in [-0.15, -0.1) is 0 Å². The fraction of sp³-hybridized carbons (Fsp3) is 0.286. The molecule has 1 amide bonds. The van der Waals surface area contributed by atoms with Crippen LogP contribution >= 0.6 is 23.2 Å². The van der Waals surface area contributed by atoms with Crippen molar-refractivity contribution in [2.75, 3.05) is 36.5 Å². The van der Waals surface area contributed by atoms with Crippen LogP contribution in [-0.2, 0) is 16.0 Å². The molecular weight excluding hydrogens is 427 g/mol. The van der Waals surface area contributed by atoms with Crippen molar-refractivity contribution in [3.8, 4) is 11.4 Å². The highest BCUT2D eigenvalue weighted by Crippen LogP contribution is 2.30. The van der Waals surface area contributed by atoms with Gasteiger partial charge >= 0.3 is 0 Å². The van der Waals surface area contributed by atoms with Crippen LogP contribution in [0.1, 0.15) is 12.3 Å². The van der Waals surface area contributed by atoms with E-state index in [1.807, 2.05) is 24.3 Å². The van der Waals surface area contributed by atoms with Crippen LogP contribution in [0.25, 0.3) is 11.4 Å². The van der Waals surface area contributed by atoms with Crippen LogP contribution in [0, 0.1) is 0 Å². The Hall–Kier alpha value is -2.61. The molecule has 2 heterocycles.